The van der Waals surface area contributed by atoms with E-state index in [1.807, 2.05) is 10.9 Å². The van der Waals surface area contributed by atoms with Gasteiger partial charge in [-0.05, 0) is 34.7 Å². The van der Waals surface area contributed by atoms with Crippen LogP contribution >= 0.6 is 0 Å². The summed E-state index contributed by atoms with van der Waals surface area (Å²) in [6.07, 6.45) is 2.01. The molecule has 0 radical (unpaired) electrons. The van der Waals surface area contributed by atoms with E-state index in [1.54, 1.807) is 7.11 Å². The molecule has 0 spiro atoms. The summed E-state index contributed by atoms with van der Waals surface area (Å²) in [4.78, 5) is 2.26. The monoisotopic (exact) mass is 283 g/mol. The van der Waals surface area contributed by atoms with Crippen LogP contribution in [-0.4, -0.2) is 58.8 Å². The number of rotatable bonds is 8. The predicted octanol–water partition coefficient (Wildman–Crippen LogP) is 1.13. The number of hydrogen-bond donors (Lipinski definition) is 1. The predicted molar refractivity (Wildman–Crippen MR) is 80.6 cm³/mol. The fraction of sp³-hybridized carbons (Fsp3) is 0.857. The Bertz CT molecular complexity index is 385. The van der Waals surface area contributed by atoms with E-state index in [-0.39, 0.29) is 5.54 Å². The molecule has 6 nitrogen and oxygen atoms in total. The summed E-state index contributed by atoms with van der Waals surface area (Å²) in [5, 5.41) is 11.8. The Morgan fingerprint density at radius 1 is 1.45 bits per heavy atom. The number of ether oxygens (including phenoxy) is 1. The average Bonchev–Trinajstić information content (AvgIpc) is 2.81. The van der Waals surface area contributed by atoms with Crippen LogP contribution in [0.4, 0.5) is 0 Å². The third kappa shape index (κ3) is 6.45. The Kier molecular flexibility index (Phi) is 6.58. The van der Waals surface area contributed by atoms with E-state index in [9.17, 15) is 0 Å². The lowest BCUT2D eigenvalue weighted by Gasteiger charge is -2.23. The van der Waals surface area contributed by atoms with E-state index in [4.69, 9.17) is 4.74 Å². The van der Waals surface area contributed by atoms with Crippen LogP contribution in [0.2, 0.25) is 0 Å². The fourth-order valence-corrected chi connectivity index (χ4v) is 1.73. The molecule has 0 aromatic carbocycles. The molecule has 0 aliphatic heterocycles. The fourth-order valence-electron chi connectivity index (χ4n) is 1.73. The molecule has 0 aliphatic carbocycles. The Morgan fingerprint density at radius 2 is 2.15 bits per heavy atom. The van der Waals surface area contributed by atoms with E-state index in [2.05, 4.69) is 55.3 Å². The minimum absolute atomic E-state index is 0.0968. The normalized spacial score (nSPS) is 13.9. The molecule has 116 valence electrons. The zero-order valence-corrected chi connectivity index (χ0v) is 13.7. The van der Waals surface area contributed by atoms with Crippen LogP contribution in [0.25, 0.3) is 0 Å². The van der Waals surface area contributed by atoms with Crippen LogP contribution in [0.3, 0.4) is 0 Å². The molecule has 0 saturated heterocycles. The molecule has 1 rings (SSSR count). The summed E-state index contributed by atoms with van der Waals surface area (Å²) in [5.74, 6) is 0. The van der Waals surface area contributed by atoms with Gasteiger partial charge >= 0.3 is 0 Å². The van der Waals surface area contributed by atoms with Crippen molar-refractivity contribution >= 4 is 0 Å². The van der Waals surface area contributed by atoms with Gasteiger partial charge in [-0.15, -0.1) is 5.10 Å². The van der Waals surface area contributed by atoms with Gasteiger partial charge in [0.05, 0.1) is 18.8 Å². The molecule has 0 saturated carbocycles. The van der Waals surface area contributed by atoms with Gasteiger partial charge in [-0.2, -0.15) is 0 Å². The molecule has 1 atom stereocenters. The zero-order chi connectivity index (χ0) is 15.2. The largest absolute Gasteiger partial charge is 0.383 e. The third-order valence-corrected chi connectivity index (χ3v) is 3.23. The van der Waals surface area contributed by atoms with E-state index in [0.29, 0.717) is 6.04 Å². The number of nitrogens with one attached hydrogen (secondary N) is 1. The van der Waals surface area contributed by atoms with Gasteiger partial charge in [0.25, 0.3) is 0 Å². The second-order valence-electron chi connectivity index (χ2n) is 6.36. The molecule has 6 heteroatoms. The van der Waals surface area contributed by atoms with E-state index in [1.165, 1.54) is 0 Å². The summed E-state index contributed by atoms with van der Waals surface area (Å²) < 4.78 is 7.06. The summed E-state index contributed by atoms with van der Waals surface area (Å²) in [5.41, 5.74) is 1.08. The Balaban J connectivity index is 2.37. The molecular formula is C14H29N5O. The van der Waals surface area contributed by atoms with Crippen molar-refractivity contribution in [3.8, 4) is 0 Å². The molecule has 0 amide bonds. The summed E-state index contributed by atoms with van der Waals surface area (Å²) in [7, 11) is 3.83. The van der Waals surface area contributed by atoms with Crippen LogP contribution in [-0.2, 0) is 17.8 Å². The highest BCUT2D eigenvalue weighted by Crippen LogP contribution is 2.02. The highest BCUT2D eigenvalue weighted by Gasteiger charge is 2.11. The van der Waals surface area contributed by atoms with E-state index >= 15 is 0 Å². The molecule has 0 fully saturated rings. The maximum absolute atomic E-state index is 5.16. The molecule has 0 bridgehead atoms. The van der Waals surface area contributed by atoms with Crippen molar-refractivity contribution in [3.05, 3.63) is 11.9 Å². The first-order valence-electron chi connectivity index (χ1n) is 7.15. The molecule has 1 unspecified atom stereocenters. The molecule has 0 aliphatic rings. The molecular weight excluding hydrogens is 254 g/mol. The van der Waals surface area contributed by atoms with Crippen molar-refractivity contribution in [3.63, 3.8) is 0 Å². The second-order valence-corrected chi connectivity index (χ2v) is 6.36. The number of methoxy groups -OCH3 is 1. The van der Waals surface area contributed by atoms with Crippen LogP contribution < -0.4 is 5.32 Å². The van der Waals surface area contributed by atoms with Crippen LogP contribution in [0, 0.1) is 0 Å². The molecule has 1 N–H and O–H groups in total. The highest BCUT2D eigenvalue weighted by atomic mass is 16.5. The van der Waals surface area contributed by atoms with E-state index in [0.717, 1.165) is 31.9 Å². The Morgan fingerprint density at radius 3 is 2.75 bits per heavy atom. The maximum atomic E-state index is 5.16. The van der Waals surface area contributed by atoms with Gasteiger partial charge in [0.2, 0.25) is 0 Å². The number of aromatic nitrogens is 3. The van der Waals surface area contributed by atoms with Gasteiger partial charge in [-0.25, -0.2) is 0 Å². The zero-order valence-electron chi connectivity index (χ0n) is 13.7. The SMILES string of the molecule is COCC(C)N(C)CCn1cc(CNC(C)(C)C)nn1. The Hall–Kier alpha value is -0.980. The maximum Gasteiger partial charge on any atom is 0.0965 e. The standard InChI is InChI=1S/C14H29N5O/c1-12(11-20-6)18(5)7-8-19-10-13(16-17-19)9-15-14(2,3)4/h10,12,15H,7-9,11H2,1-6H3. The topological polar surface area (TPSA) is 55.2 Å². The third-order valence-electron chi connectivity index (χ3n) is 3.23. The lowest BCUT2D eigenvalue weighted by Crippen LogP contribution is -2.35. The van der Waals surface area contributed by atoms with Crippen molar-refractivity contribution in [1.29, 1.82) is 0 Å². The number of nitrogens with zero attached hydrogens (tertiary/aromatic N) is 4. The Labute approximate surface area is 122 Å². The lowest BCUT2D eigenvalue weighted by atomic mass is 10.1. The minimum Gasteiger partial charge on any atom is -0.383 e. The molecule has 1 aromatic heterocycles. The van der Waals surface area contributed by atoms with Gasteiger partial charge in [0.1, 0.15) is 0 Å². The van der Waals surface area contributed by atoms with Crippen molar-refractivity contribution in [1.82, 2.24) is 25.2 Å². The summed E-state index contributed by atoms with van der Waals surface area (Å²) in [6, 6.07) is 0.408. The minimum atomic E-state index is 0.0968. The van der Waals surface area contributed by atoms with Crippen LogP contribution in [0.1, 0.15) is 33.4 Å². The van der Waals surface area contributed by atoms with Crippen molar-refractivity contribution < 1.29 is 4.74 Å². The van der Waals surface area contributed by atoms with Crippen LogP contribution in [0.15, 0.2) is 6.20 Å². The van der Waals surface area contributed by atoms with Gasteiger partial charge in [0.15, 0.2) is 0 Å². The summed E-state index contributed by atoms with van der Waals surface area (Å²) in [6.45, 7) is 11.8. The van der Waals surface area contributed by atoms with Crippen molar-refractivity contribution in [2.24, 2.45) is 0 Å². The van der Waals surface area contributed by atoms with Gasteiger partial charge < -0.3 is 10.1 Å². The molecule has 1 heterocycles. The first kappa shape index (κ1) is 17.1. The van der Waals surface area contributed by atoms with E-state index < -0.39 is 0 Å². The molecule has 20 heavy (non-hydrogen) atoms. The quantitative estimate of drug-likeness (QED) is 0.775. The van der Waals surface area contributed by atoms with Gasteiger partial charge in [0, 0.05) is 38.0 Å². The molecule has 1 aromatic rings. The number of hydrogen-bond acceptors (Lipinski definition) is 5. The van der Waals surface area contributed by atoms with Gasteiger partial charge in [-0.3, -0.25) is 9.58 Å². The van der Waals surface area contributed by atoms with Crippen LogP contribution in [0.5, 0.6) is 0 Å². The first-order valence-corrected chi connectivity index (χ1v) is 7.15. The van der Waals surface area contributed by atoms with Crippen molar-refractivity contribution in [2.45, 2.75) is 52.4 Å². The smallest absolute Gasteiger partial charge is 0.0965 e. The average molecular weight is 283 g/mol. The summed E-state index contributed by atoms with van der Waals surface area (Å²) >= 11 is 0. The highest BCUT2D eigenvalue weighted by molar-refractivity contribution is 4.93. The number of likely N-dealkylation sites (N-methyl/N-ethyl adjacent to an activating group) is 1. The lowest BCUT2D eigenvalue weighted by molar-refractivity contribution is 0.113. The second kappa shape index (κ2) is 7.71. The van der Waals surface area contributed by atoms with Gasteiger partial charge in [-0.1, -0.05) is 5.21 Å². The first-order chi connectivity index (χ1) is 9.31. The van der Waals surface area contributed by atoms with Crippen molar-refractivity contribution in [2.75, 3.05) is 27.3 Å².